The second-order valence-corrected chi connectivity index (χ2v) is 6.60. The molecule has 0 aliphatic carbocycles. The molecule has 7 heteroatoms. The number of hydrogen-bond acceptors (Lipinski definition) is 4. The summed E-state index contributed by atoms with van der Waals surface area (Å²) in [7, 11) is 0. The standard InChI is InChI=1S/C20H17ClN6/c1-2-5-17-16(24-19-9-8-18(21)25-27(17)19)13-26-11-10-23-20(26)15-7-4-3-6-14(15)12-22/h3-4,6-11H,2,5,13H2,1H3. The van der Waals surface area contributed by atoms with Crippen molar-refractivity contribution in [2.75, 3.05) is 0 Å². The lowest BCUT2D eigenvalue weighted by molar-refractivity contribution is 0.744. The molecular weight excluding hydrogens is 360 g/mol. The van der Waals surface area contributed by atoms with Crippen molar-refractivity contribution in [2.24, 2.45) is 0 Å². The van der Waals surface area contributed by atoms with Gasteiger partial charge in [0.05, 0.1) is 29.6 Å². The van der Waals surface area contributed by atoms with E-state index in [1.165, 1.54) is 0 Å². The average Bonchev–Trinajstić information content (AvgIpc) is 3.27. The molecule has 4 aromatic rings. The molecule has 3 aromatic heterocycles. The molecule has 27 heavy (non-hydrogen) atoms. The quantitative estimate of drug-likeness (QED) is 0.525. The molecule has 0 spiro atoms. The summed E-state index contributed by atoms with van der Waals surface area (Å²) >= 11 is 6.08. The molecule has 0 N–H and O–H groups in total. The van der Waals surface area contributed by atoms with Crippen LogP contribution in [-0.4, -0.2) is 24.1 Å². The van der Waals surface area contributed by atoms with E-state index in [9.17, 15) is 5.26 Å². The SMILES string of the molecule is CCCc1c(Cn2ccnc2-c2ccccc2C#N)nc2ccc(Cl)nn12. The monoisotopic (exact) mass is 376 g/mol. The number of aryl methyl sites for hydroxylation is 1. The summed E-state index contributed by atoms with van der Waals surface area (Å²) in [5, 5.41) is 14.3. The molecule has 0 aliphatic heterocycles. The van der Waals surface area contributed by atoms with Crippen LogP contribution in [0.2, 0.25) is 5.15 Å². The van der Waals surface area contributed by atoms with Gasteiger partial charge in [0.15, 0.2) is 5.65 Å². The number of nitriles is 1. The highest BCUT2D eigenvalue weighted by atomic mass is 35.5. The van der Waals surface area contributed by atoms with E-state index in [4.69, 9.17) is 16.6 Å². The Morgan fingerprint density at radius 1 is 1.19 bits per heavy atom. The highest BCUT2D eigenvalue weighted by Crippen LogP contribution is 2.24. The molecule has 0 unspecified atom stereocenters. The van der Waals surface area contributed by atoms with Crippen LogP contribution in [0.25, 0.3) is 17.0 Å². The number of nitrogens with zero attached hydrogens (tertiary/aromatic N) is 6. The summed E-state index contributed by atoms with van der Waals surface area (Å²) in [5.41, 5.74) is 4.16. The highest BCUT2D eigenvalue weighted by molar-refractivity contribution is 6.29. The summed E-state index contributed by atoms with van der Waals surface area (Å²) in [4.78, 5) is 9.23. The first-order valence-corrected chi connectivity index (χ1v) is 9.12. The van der Waals surface area contributed by atoms with Crippen LogP contribution >= 0.6 is 11.6 Å². The van der Waals surface area contributed by atoms with E-state index in [0.717, 1.165) is 41.3 Å². The van der Waals surface area contributed by atoms with Crippen LogP contribution in [0, 0.1) is 11.3 Å². The minimum absolute atomic E-state index is 0.440. The molecule has 0 saturated carbocycles. The van der Waals surface area contributed by atoms with Crippen molar-refractivity contribution in [1.82, 2.24) is 24.1 Å². The van der Waals surface area contributed by atoms with Gasteiger partial charge in [0.2, 0.25) is 0 Å². The second-order valence-electron chi connectivity index (χ2n) is 6.22. The van der Waals surface area contributed by atoms with E-state index >= 15 is 0 Å². The molecule has 134 valence electrons. The van der Waals surface area contributed by atoms with Crippen molar-refractivity contribution in [3.8, 4) is 17.5 Å². The van der Waals surface area contributed by atoms with Crippen LogP contribution in [0.3, 0.4) is 0 Å². The van der Waals surface area contributed by atoms with Crippen LogP contribution < -0.4 is 0 Å². The first-order valence-electron chi connectivity index (χ1n) is 8.75. The second kappa shape index (κ2) is 7.22. The predicted octanol–water partition coefficient (Wildman–Crippen LogP) is 4.12. The first kappa shape index (κ1) is 17.3. The van der Waals surface area contributed by atoms with Gasteiger partial charge in [-0.1, -0.05) is 37.1 Å². The Morgan fingerprint density at radius 2 is 2.04 bits per heavy atom. The fourth-order valence-electron chi connectivity index (χ4n) is 3.23. The predicted molar refractivity (Wildman–Crippen MR) is 103 cm³/mol. The van der Waals surface area contributed by atoms with Crippen LogP contribution in [0.5, 0.6) is 0 Å². The van der Waals surface area contributed by atoms with Crippen molar-refractivity contribution in [2.45, 2.75) is 26.3 Å². The molecule has 0 radical (unpaired) electrons. The molecule has 1 aromatic carbocycles. The Bertz CT molecular complexity index is 1150. The fraction of sp³-hybridized carbons (Fsp3) is 0.200. The fourth-order valence-corrected chi connectivity index (χ4v) is 3.37. The van der Waals surface area contributed by atoms with Gasteiger partial charge in [0.1, 0.15) is 11.0 Å². The smallest absolute Gasteiger partial charge is 0.154 e. The Kier molecular flexibility index (Phi) is 4.61. The number of benzene rings is 1. The van der Waals surface area contributed by atoms with Crippen LogP contribution in [-0.2, 0) is 13.0 Å². The summed E-state index contributed by atoms with van der Waals surface area (Å²) in [6, 6.07) is 13.3. The number of hydrogen-bond donors (Lipinski definition) is 0. The van der Waals surface area contributed by atoms with Crippen molar-refractivity contribution >= 4 is 17.2 Å². The largest absolute Gasteiger partial charge is 0.325 e. The summed E-state index contributed by atoms with van der Waals surface area (Å²) < 4.78 is 3.83. The number of rotatable bonds is 5. The van der Waals surface area contributed by atoms with Crippen molar-refractivity contribution in [1.29, 1.82) is 5.26 Å². The molecule has 0 atom stereocenters. The van der Waals surface area contributed by atoms with Gasteiger partial charge in [-0.15, -0.1) is 0 Å². The Morgan fingerprint density at radius 3 is 2.85 bits per heavy atom. The molecule has 0 aliphatic rings. The van der Waals surface area contributed by atoms with E-state index in [-0.39, 0.29) is 0 Å². The van der Waals surface area contributed by atoms with Crippen LogP contribution in [0.4, 0.5) is 0 Å². The van der Waals surface area contributed by atoms with Gasteiger partial charge in [-0.25, -0.2) is 14.5 Å². The van der Waals surface area contributed by atoms with E-state index < -0.39 is 0 Å². The maximum atomic E-state index is 9.41. The number of halogens is 1. The molecular formula is C20H17ClN6. The lowest BCUT2D eigenvalue weighted by Gasteiger charge is -2.09. The minimum atomic E-state index is 0.440. The number of fused-ring (bicyclic) bond motifs is 1. The Balaban J connectivity index is 1.79. The normalized spacial score (nSPS) is 11.0. The summed E-state index contributed by atoms with van der Waals surface area (Å²) in [6.07, 6.45) is 5.48. The van der Waals surface area contributed by atoms with Crippen LogP contribution in [0.1, 0.15) is 30.3 Å². The third-order valence-corrected chi connectivity index (χ3v) is 4.63. The zero-order chi connectivity index (χ0) is 18.8. The van der Waals surface area contributed by atoms with E-state index in [2.05, 4.69) is 23.1 Å². The zero-order valence-electron chi connectivity index (χ0n) is 14.8. The van der Waals surface area contributed by atoms with Gasteiger partial charge in [0.25, 0.3) is 0 Å². The third-order valence-electron chi connectivity index (χ3n) is 4.43. The number of imidazole rings is 2. The summed E-state index contributed by atoms with van der Waals surface area (Å²) in [6.45, 7) is 2.67. The molecule has 6 nitrogen and oxygen atoms in total. The van der Waals surface area contributed by atoms with E-state index in [1.807, 2.05) is 39.5 Å². The maximum Gasteiger partial charge on any atom is 0.154 e. The molecule has 0 amide bonds. The topological polar surface area (TPSA) is 71.8 Å². The molecule has 0 fully saturated rings. The van der Waals surface area contributed by atoms with Gasteiger partial charge < -0.3 is 4.57 Å². The number of aromatic nitrogens is 5. The van der Waals surface area contributed by atoms with E-state index in [1.54, 1.807) is 18.3 Å². The molecule has 0 saturated heterocycles. The van der Waals surface area contributed by atoms with E-state index in [0.29, 0.717) is 17.3 Å². The highest BCUT2D eigenvalue weighted by Gasteiger charge is 2.16. The molecule has 0 bridgehead atoms. The van der Waals surface area contributed by atoms with Gasteiger partial charge >= 0.3 is 0 Å². The summed E-state index contributed by atoms with van der Waals surface area (Å²) in [5.74, 6) is 0.748. The van der Waals surface area contributed by atoms with Gasteiger partial charge in [-0.3, -0.25) is 0 Å². The van der Waals surface area contributed by atoms with Crippen molar-refractivity contribution in [3.63, 3.8) is 0 Å². The average molecular weight is 377 g/mol. The first-order chi connectivity index (χ1) is 13.2. The third kappa shape index (κ3) is 3.18. The lowest BCUT2D eigenvalue weighted by Crippen LogP contribution is -2.06. The molecule has 3 heterocycles. The van der Waals surface area contributed by atoms with Gasteiger partial charge in [0, 0.05) is 18.0 Å². The van der Waals surface area contributed by atoms with Gasteiger partial charge in [-0.2, -0.15) is 10.4 Å². The lowest BCUT2D eigenvalue weighted by atomic mass is 10.1. The minimum Gasteiger partial charge on any atom is -0.325 e. The van der Waals surface area contributed by atoms with Gasteiger partial charge in [-0.05, 0) is 30.7 Å². The van der Waals surface area contributed by atoms with Crippen molar-refractivity contribution < 1.29 is 0 Å². The zero-order valence-corrected chi connectivity index (χ0v) is 15.6. The molecule has 4 rings (SSSR count). The maximum absolute atomic E-state index is 9.41. The Hall–Kier alpha value is -3.17. The van der Waals surface area contributed by atoms with Crippen molar-refractivity contribution in [3.05, 3.63) is 70.9 Å². The van der Waals surface area contributed by atoms with Crippen LogP contribution in [0.15, 0.2) is 48.8 Å². The Labute approximate surface area is 161 Å².